The molecule has 0 radical (unpaired) electrons. The molecule has 1 N–H and O–H groups in total. The first kappa shape index (κ1) is 12.3. The summed E-state index contributed by atoms with van der Waals surface area (Å²) in [5.74, 6) is 0.0263. The maximum atomic E-state index is 11.3. The van der Waals surface area contributed by atoms with E-state index in [1.807, 2.05) is 13.8 Å². The fourth-order valence-electron chi connectivity index (χ4n) is 1.50. The van der Waals surface area contributed by atoms with Crippen molar-refractivity contribution < 1.29 is 13.5 Å². The molecular formula is C9H17ClO3S. The summed E-state index contributed by atoms with van der Waals surface area (Å²) < 4.78 is 21.7. The minimum atomic E-state index is -3.55. The van der Waals surface area contributed by atoms with Gasteiger partial charge in [0.2, 0.25) is 9.05 Å². The molecular weight excluding hydrogens is 224 g/mol. The molecule has 0 bridgehead atoms. The zero-order chi connectivity index (χ0) is 11.2. The Morgan fingerprint density at radius 3 is 2.14 bits per heavy atom. The van der Waals surface area contributed by atoms with Crippen molar-refractivity contribution in [3.8, 4) is 0 Å². The highest BCUT2D eigenvalue weighted by atomic mass is 35.7. The van der Waals surface area contributed by atoms with E-state index in [0.29, 0.717) is 12.8 Å². The summed E-state index contributed by atoms with van der Waals surface area (Å²) in [6.07, 6.45) is 1.38. The largest absolute Gasteiger partial charge is 0.390 e. The predicted molar refractivity (Wildman–Crippen MR) is 56.8 cm³/mol. The van der Waals surface area contributed by atoms with Crippen LogP contribution >= 0.6 is 10.7 Å². The first-order chi connectivity index (χ1) is 6.11. The van der Waals surface area contributed by atoms with E-state index in [1.165, 1.54) is 0 Å². The third-order valence-corrected chi connectivity index (χ3v) is 5.82. The van der Waals surface area contributed by atoms with Crippen LogP contribution in [-0.4, -0.2) is 23.9 Å². The van der Waals surface area contributed by atoms with E-state index in [4.69, 9.17) is 10.7 Å². The van der Waals surface area contributed by atoms with Crippen LogP contribution < -0.4 is 0 Å². The van der Waals surface area contributed by atoms with Gasteiger partial charge in [-0.25, -0.2) is 8.42 Å². The third-order valence-electron chi connectivity index (χ3n) is 3.25. The van der Waals surface area contributed by atoms with Crippen LogP contribution in [0.5, 0.6) is 0 Å². The second-order valence-electron chi connectivity index (χ2n) is 4.81. The van der Waals surface area contributed by atoms with Gasteiger partial charge < -0.3 is 5.11 Å². The van der Waals surface area contributed by atoms with Gasteiger partial charge in [0.15, 0.2) is 0 Å². The fraction of sp³-hybridized carbons (Fsp3) is 1.00. The molecule has 0 aromatic carbocycles. The second-order valence-corrected chi connectivity index (χ2v) is 7.77. The molecule has 0 saturated heterocycles. The molecule has 5 heteroatoms. The molecule has 0 spiro atoms. The van der Waals surface area contributed by atoms with Gasteiger partial charge in [0.05, 0.1) is 10.3 Å². The summed E-state index contributed by atoms with van der Waals surface area (Å²) in [6.45, 7) is 5.41. The van der Waals surface area contributed by atoms with Gasteiger partial charge >= 0.3 is 0 Å². The number of hydrogen-bond acceptors (Lipinski definition) is 3. The first-order valence-corrected chi connectivity index (χ1v) is 7.08. The monoisotopic (exact) mass is 240 g/mol. The van der Waals surface area contributed by atoms with Crippen LogP contribution in [0.25, 0.3) is 0 Å². The van der Waals surface area contributed by atoms with Crippen LogP contribution in [0.3, 0.4) is 0 Å². The van der Waals surface area contributed by atoms with E-state index >= 15 is 0 Å². The number of rotatable bonds is 4. The number of aliphatic hydroxyl groups is 1. The summed E-state index contributed by atoms with van der Waals surface area (Å²) in [5.41, 5.74) is -0.960. The maximum Gasteiger partial charge on any atom is 0.238 e. The van der Waals surface area contributed by atoms with E-state index in [9.17, 15) is 13.5 Å². The van der Waals surface area contributed by atoms with E-state index in [2.05, 4.69) is 0 Å². The molecule has 1 fully saturated rings. The van der Waals surface area contributed by atoms with Crippen molar-refractivity contribution in [2.75, 3.05) is 0 Å². The van der Waals surface area contributed by atoms with Crippen LogP contribution in [-0.2, 0) is 9.05 Å². The molecule has 1 unspecified atom stereocenters. The average Bonchev–Trinajstić information content (AvgIpc) is 2.65. The maximum absolute atomic E-state index is 11.3. The van der Waals surface area contributed by atoms with E-state index in [-0.39, 0.29) is 12.3 Å². The van der Waals surface area contributed by atoms with Crippen molar-refractivity contribution in [1.82, 2.24) is 0 Å². The summed E-state index contributed by atoms with van der Waals surface area (Å²) in [7, 11) is 1.81. The molecule has 0 aliphatic heterocycles. The van der Waals surface area contributed by atoms with Crippen LogP contribution in [0, 0.1) is 5.92 Å². The predicted octanol–water partition coefficient (Wildman–Crippen LogP) is 1.88. The van der Waals surface area contributed by atoms with Crippen LogP contribution in [0.15, 0.2) is 0 Å². The highest BCUT2D eigenvalue weighted by molar-refractivity contribution is 8.15. The summed E-state index contributed by atoms with van der Waals surface area (Å²) in [4.78, 5) is 0. The standard InChI is InChI=1S/C9H17ClO3S/c1-7(2)8(3,11)6-9(4-5-9)14(10,12)13/h7,11H,4-6H2,1-3H3. The zero-order valence-corrected chi connectivity index (χ0v) is 10.3. The Labute approximate surface area is 89.9 Å². The third kappa shape index (κ3) is 2.23. The van der Waals surface area contributed by atoms with Gasteiger partial charge in [0.1, 0.15) is 0 Å². The van der Waals surface area contributed by atoms with Crippen molar-refractivity contribution in [1.29, 1.82) is 0 Å². The molecule has 0 heterocycles. The van der Waals surface area contributed by atoms with E-state index in [1.54, 1.807) is 6.92 Å². The lowest BCUT2D eigenvalue weighted by Crippen LogP contribution is -2.38. The Bertz CT molecular complexity index is 315. The molecule has 0 aromatic heterocycles. The Hall–Kier alpha value is 0.200. The average molecular weight is 241 g/mol. The molecule has 1 rings (SSSR count). The fourth-order valence-corrected chi connectivity index (χ4v) is 3.18. The molecule has 0 aromatic rings. The summed E-state index contributed by atoms with van der Waals surface area (Å²) >= 11 is 0. The van der Waals surface area contributed by atoms with Gasteiger partial charge in [0, 0.05) is 10.7 Å². The van der Waals surface area contributed by atoms with Gasteiger partial charge in [-0.05, 0) is 32.1 Å². The van der Waals surface area contributed by atoms with Gasteiger partial charge in [-0.1, -0.05) is 13.8 Å². The molecule has 0 amide bonds. The van der Waals surface area contributed by atoms with Crippen molar-refractivity contribution in [2.45, 2.75) is 50.4 Å². The van der Waals surface area contributed by atoms with Crippen molar-refractivity contribution in [2.24, 2.45) is 5.92 Å². The van der Waals surface area contributed by atoms with Gasteiger partial charge in [0.25, 0.3) is 0 Å². The minimum Gasteiger partial charge on any atom is -0.390 e. The normalized spacial score (nSPS) is 24.7. The Balaban J connectivity index is 2.80. The van der Waals surface area contributed by atoms with Crippen LogP contribution in [0.1, 0.15) is 40.0 Å². The lowest BCUT2D eigenvalue weighted by molar-refractivity contribution is 0.00285. The van der Waals surface area contributed by atoms with Crippen LogP contribution in [0.4, 0.5) is 0 Å². The number of hydrogen-bond donors (Lipinski definition) is 1. The molecule has 14 heavy (non-hydrogen) atoms. The molecule has 1 atom stereocenters. The van der Waals surface area contributed by atoms with Crippen molar-refractivity contribution in [3.63, 3.8) is 0 Å². The summed E-state index contributed by atoms with van der Waals surface area (Å²) in [5, 5.41) is 10.0. The lowest BCUT2D eigenvalue weighted by Gasteiger charge is -2.30. The topological polar surface area (TPSA) is 54.4 Å². The molecule has 1 aliphatic carbocycles. The van der Waals surface area contributed by atoms with E-state index in [0.717, 1.165) is 0 Å². The minimum absolute atomic E-state index is 0.0263. The quantitative estimate of drug-likeness (QED) is 0.764. The Morgan fingerprint density at radius 2 is 1.93 bits per heavy atom. The Morgan fingerprint density at radius 1 is 1.50 bits per heavy atom. The van der Waals surface area contributed by atoms with Gasteiger partial charge in [-0.2, -0.15) is 0 Å². The SMILES string of the molecule is CC(C)C(C)(O)CC1(S(=O)(=O)Cl)CC1. The smallest absolute Gasteiger partial charge is 0.238 e. The second kappa shape index (κ2) is 3.35. The molecule has 1 saturated carbocycles. The summed E-state index contributed by atoms with van der Waals surface area (Å²) in [6, 6.07) is 0. The zero-order valence-electron chi connectivity index (χ0n) is 8.75. The lowest BCUT2D eigenvalue weighted by atomic mass is 9.87. The van der Waals surface area contributed by atoms with Crippen molar-refractivity contribution in [3.05, 3.63) is 0 Å². The highest BCUT2D eigenvalue weighted by Crippen LogP contribution is 2.51. The molecule has 3 nitrogen and oxygen atoms in total. The number of halogens is 1. The Kier molecular flexibility index (Phi) is 2.94. The van der Waals surface area contributed by atoms with Gasteiger partial charge in [-0.15, -0.1) is 0 Å². The molecule has 1 aliphatic rings. The highest BCUT2D eigenvalue weighted by Gasteiger charge is 2.57. The van der Waals surface area contributed by atoms with Gasteiger partial charge in [-0.3, -0.25) is 0 Å². The van der Waals surface area contributed by atoms with Crippen molar-refractivity contribution >= 4 is 19.7 Å². The molecule has 84 valence electrons. The van der Waals surface area contributed by atoms with E-state index < -0.39 is 19.4 Å². The first-order valence-electron chi connectivity index (χ1n) is 4.77. The van der Waals surface area contributed by atoms with Crippen LogP contribution in [0.2, 0.25) is 0 Å².